The van der Waals surface area contributed by atoms with Crippen molar-refractivity contribution in [1.29, 1.82) is 0 Å². The lowest BCUT2D eigenvalue weighted by atomic mass is 9.91. The second-order valence-electron chi connectivity index (χ2n) is 5.16. The van der Waals surface area contributed by atoms with E-state index in [1.165, 1.54) is 0 Å². The second-order valence-corrected chi connectivity index (χ2v) is 5.16. The van der Waals surface area contributed by atoms with E-state index < -0.39 is 5.54 Å². The molecule has 0 aromatic heterocycles. The number of ether oxygens (including phenoxy) is 2. The molecule has 0 aliphatic rings. The van der Waals surface area contributed by atoms with Gasteiger partial charge >= 0.3 is 0 Å². The van der Waals surface area contributed by atoms with E-state index in [9.17, 15) is 5.11 Å². The molecule has 0 heterocycles. The van der Waals surface area contributed by atoms with Gasteiger partial charge in [0, 0.05) is 6.61 Å². The SMILES string of the molecule is CCCCOCCOCC(CO)(NCC)c1ccccc1. The maximum Gasteiger partial charge on any atom is 0.0905 e. The van der Waals surface area contributed by atoms with Crippen molar-refractivity contribution in [3.05, 3.63) is 35.9 Å². The average molecular weight is 295 g/mol. The fourth-order valence-corrected chi connectivity index (χ4v) is 2.24. The van der Waals surface area contributed by atoms with Crippen molar-refractivity contribution in [2.45, 2.75) is 32.2 Å². The highest BCUT2D eigenvalue weighted by Gasteiger charge is 2.30. The summed E-state index contributed by atoms with van der Waals surface area (Å²) in [4.78, 5) is 0. The van der Waals surface area contributed by atoms with Crippen LogP contribution in [0.3, 0.4) is 0 Å². The Kier molecular flexibility index (Phi) is 9.26. The molecule has 0 radical (unpaired) electrons. The highest BCUT2D eigenvalue weighted by atomic mass is 16.5. The summed E-state index contributed by atoms with van der Waals surface area (Å²) in [7, 11) is 0. The van der Waals surface area contributed by atoms with E-state index in [4.69, 9.17) is 9.47 Å². The van der Waals surface area contributed by atoms with Gasteiger partial charge in [-0.3, -0.25) is 0 Å². The molecule has 1 unspecified atom stereocenters. The number of unbranched alkanes of at least 4 members (excludes halogenated alkanes) is 1. The van der Waals surface area contributed by atoms with E-state index in [-0.39, 0.29) is 6.61 Å². The molecule has 4 nitrogen and oxygen atoms in total. The molecule has 21 heavy (non-hydrogen) atoms. The molecule has 0 fully saturated rings. The van der Waals surface area contributed by atoms with Crippen LogP contribution in [-0.2, 0) is 15.0 Å². The number of aliphatic hydroxyl groups excluding tert-OH is 1. The Morgan fingerprint density at radius 2 is 1.76 bits per heavy atom. The minimum atomic E-state index is -0.542. The lowest BCUT2D eigenvalue weighted by Crippen LogP contribution is -2.49. The van der Waals surface area contributed by atoms with Crippen LogP contribution < -0.4 is 5.32 Å². The Morgan fingerprint density at radius 3 is 2.38 bits per heavy atom. The summed E-state index contributed by atoms with van der Waals surface area (Å²) in [5, 5.41) is 13.2. The number of likely N-dealkylation sites (N-methyl/N-ethyl adjacent to an activating group) is 1. The van der Waals surface area contributed by atoms with Gasteiger partial charge in [-0.15, -0.1) is 0 Å². The lowest BCUT2D eigenvalue weighted by Gasteiger charge is -2.33. The van der Waals surface area contributed by atoms with Crippen molar-refractivity contribution in [3.8, 4) is 0 Å². The van der Waals surface area contributed by atoms with Crippen LogP contribution in [0.5, 0.6) is 0 Å². The van der Waals surface area contributed by atoms with Gasteiger partial charge in [0.05, 0.1) is 32.0 Å². The van der Waals surface area contributed by atoms with Gasteiger partial charge in [0.25, 0.3) is 0 Å². The predicted octanol–water partition coefficient (Wildman–Crippen LogP) is 2.32. The summed E-state index contributed by atoms with van der Waals surface area (Å²) < 4.78 is 11.2. The molecular formula is C17H29NO3. The molecule has 1 atom stereocenters. The Morgan fingerprint density at radius 1 is 1.05 bits per heavy atom. The second kappa shape index (κ2) is 10.7. The maximum absolute atomic E-state index is 9.86. The maximum atomic E-state index is 9.86. The first-order chi connectivity index (χ1) is 10.3. The van der Waals surface area contributed by atoms with Gasteiger partial charge in [0.15, 0.2) is 0 Å². The molecule has 0 saturated heterocycles. The Balaban J connectivity index is 2.47. The van der Waals surface area contributed by atoms with E-state index in [1.54, 1.807) is 0 Å². The van der Waals surface area contributed by atoms with Crippen molar-refractivity contribution < 1.29 is 14.6 Å². The van der Waals surface area contributed by atoms with Crippen LogP contribution >= 0.6 is 0 Å². The van der Waals surface area contributed by atoms with Crippen molar-refractivity contribution in [3.63, 3.8) is 0 Å². The first-order valence-electron chi connectivity index (χ1n) is 7.86. The fourth-order valence-electron chi connectivity index (χ4n) is 2.24. The smallest absolute Gasteiger partial charge is 0.0905 e. The van der Waals surface area contributed by atoms with Crippen LogP contribution in [-0.4, -0.2) is 44.7 Å². The van der Waals surface area contributed by atoms with Crippen molar-refractivity contribution in [1.82, 2.24) is 5.32 Å². The van der Waals surface area contributed by atoms with Gasteiger partial charge in [-0.05, 0) is 18.5 Å². The van der Waals surface area contributed by atoms with Gasteiger partial charge in [-0.25, -0.2) is 0 Å². The predicted molar refractivity (Wildman–Crippen MR) is 85.4 cm³/mol. The first kappa shape index (κ1) is 18.1. The Bertz CT molecular complexity index is 358. The number of nitrogens with one attached hydrogen (secondary N) is 1. The number of hydrogen-bond donors (Lipinski definition) is 2. The van der Waals surface area contributed by atoms with Crippen LogP contribution in [0.2, 0.25) is 0 Å². The molecule has 0 saturated carbocycles. The quantitative estimate of drug-likeness (QED) is 0.581. The summed E-state index contributed by atoms with van der Waals surface area (Å²) in [6.07, 6.45) is 2.23. The minimum absolute atomic E-state index is 0.00153. The van der Waals surface area contributed by atoms with E-state index in [0.29, 0.717) is 19.8 Å². The highest BCUT2D eigenvalue weighted by Crippen LogP contribution is 2.21. The van der Waals surface area contributed by atoms with E-state index >= 15 is 0 Å². The molecule has 0 spiro atoms. The monoisotopic (exact) mass is 295 g/mol. The third-order valence-electron chi connectivity index (χ3n) is 3.47. The molecule has 0 aliphatic carbocycles. The average Bonchev–Trinajstić information content (AvgIpc) is 2.54. The molecule has 0 aliphatic heterocycles. The lowest BCUT2D eigenvalue weighted by molar-refractivity contribution is 0.00155. The summed E-state index contributed by atoms with van der Waals surface area (Å²) in [6, 6.07) is 9.95. The molecule has 120 valence electrons. The molecule has 1 rings (SSSR count). The normalized spacial score (nSPS) is 14.0. The van der Waals surface area contributed by atoms with Crippen molar-refractivity contribution in [2.75, 3.05) is 39.6 Å². The molecule has 4 heteroatoms. The molecule has 1 aromatic carbocycles. The highest BCUT2D eigenvalue weighted by molar-refractivity contribution is 5.25. The third-order valence-corrected chi connectivity index (χ3v) is 3.47. The van der Waals surface area contributed by atoms with Gasteiger partial charge in [-0.2, -0.15) is 0 Å². The summed E-state index contributed by atoms with van der Waals surface area (Å²) in [5.74, 6) is 0. The van der Waals surface area contributed by atoms with Crippen LogP contribution in [0.25, 0.3) is 0 Å². The number of aliphatic hydroxyl groups is 1. The molecular weight excluding hydrogens is 266 g/mol. The summed E-state index contributed by atoms with van der Waals surface area (Å²) in [6.45, 7) is 7.31. The van der Waals surface area contributed by atoms with Crippen LogP contribution in [0.1, 0.15) is 32.3 Å². The fraction of sp³-hybridized carbons (Fsp3) is 0.647. The van der Waals surface area contributed by atoms with Crippen LogP contribution in [0.4, 0.5) is 0 Å². The van der Waals surface area contributed by atoms with Crippen LogP contribution in [0.15, 0.2) is 30.3 Å². The molecule has 0 bridgehead atoms. The zero-order chi connectivity index (χ0) is 15.4. The Hall–Kier alpha value is -0.940. The number of hydrogen-bond acceptors (Lipinski definition) is 4. The van der Waals surface area contributed by atoms with Gasteiger partial charge < -0.3 is 19.9 Å². The van der Waals surface area contributed by atoms with Crippen molar-refractivity contribution in [2.24, 2.45) is 0 Å². The van der Waals surface area contributed by atoms with E-state index in [2.05, 4.69) is 12.2 Å². The molecule has 2 N–H and O–H groups in total. The summed E-state index contributed by atoms with van der Waals surface area (Å²) in [5.41, 5.74) is 0.501. The van der Waals surface area contributed by atoms with E-state index in [0.717, 1.165) is 31.6 Å². The molecule has 1 aromatic rings. The Labute approximate surface area is 128 Å². The zero-order valence-corrected chi connectivity index (χ0v) is 13.3. The van der Waals surface area contributed by atoms with Gasteiger partial charge in [0.2, 0.25) is 0 Å². The van der Waals surface area contributed by atoms with Crippen LogP contribution in [0, 0.1) is 0 Å². The minimum Gasteiger partial charge on any atom is -0.394 e. The van der Waals surface area contributed by atoms with Gasteiger partial charge in [-0.1, -0.05) is 50.6 Å². The van der Waals surface area contributed by atoms with Crippen molar-refractivity contribution >= 4 is 0 Å². The summed E-state index contributed by atoms with van der Waals surface area (Å²) >= 11 is 0. The number of rotatable bonds is 12. The number of benzene rings is 1. The van der Waals surface area contributed by atoms with Gasteiger partial charge in [0.1, 0.15) is 0 Å². The zero-order valence-electron chi connectivity index (χ0n) is 13.3. The topological polar surface area (TPSA) is 50.7 Å². The standard InChI is InChI=1S/C17H29NO3/c1-3-5-11-20-12-13-21-15-17(14-19,18-4-2)16-9-7-6-8-10-16/h6-10,18-19H,3-5,11-15H2,1-2H3. The molecule has 0 amide bonds. The first-order valence-corrected chi connectivity index (χ1v) is 7.86. The largest absolute Gasteiger partial charge is 0.394 e. The van der Waals surface area contributed by atoms with E-state index in [1.807, 2.05) is 37.3 Å². The third kappa shape index (κ3) is 6.14.